The lowest BCUT2D eigenvalue weighted by molar-refractivity contribution is 0.0411. The molecule has 0 aromatic heterocycles. The second-order valence-electron chi connectivity index (χ2n) is 6.34. The van der Waals surface area contributed by atoms with Crippen molar-refractivity contribution in [2.45, 2.75) is 86.9 Å². The molecular weight excluding hydrogens is 336 g/mol. The maximum absolute atomic E-state index is 10.4. The molecule has 4 unspecified atom stereocenters. The summed E-state index contributed by atoms with van der Waals surface area (Å²) in [4.78, 5) is 0. The minimum absolute atomic E-state index is 0.434. The number of hydrogen-bond donors (Lipinski definition) is 3. The van der Waals surface area contributed by atoms with Crippen LogP contribution in [0.15, 0.2) is 0 Å². The number of thioether (sulfide) groups is 2. The van der Waals surface area contributed by atoms with Gasteiger partial charge in [-0.1, -0.05) is 27.7 Å². The van der Waals surface area contributed by atoms with Gasteiger partial charge in [-0.15, -0.1) is 0 Å². The van der Waals surface area contributed by atoms with Crippen LogP contribution in [0.25, 0.3) is 0 Å². The predicted octanol–water partition coefficient (Wildman–Crippen LogP) is 5.18. The van der Waals surface area contributed by atoms with E-state index in [-0.39, 0.29) is 0 Å². The Morgan fingerprint density at radius 1 is 0.857 bits per heavy atom. The molecule has 5 heteroatoms. The molecule has 0 fully saturated rings. The van der Waals surface area contributed by atoms with Crippen LogP contribution in [-0.2, 0) is 0 Å². The van der Waals surface area contributed by atoms with E-state index >= 15 is 0 Å². The van der Waals surface area contributed by atoms with E-state index in [0.29, 0.717) is 21.0 Å². The Labute approximate surface area is 152 Å². The molecule has 0 aliphatic heterocycles. The third kappa shape index (κ3) is 12.4. The third-order valence-electron chi connectivity index (χ3n) is 3.84. The molecule has 0 amide bonds. The van der Waals surface area contributed by atoms with Crippen LogP contribution in [0.3, 0.4) is 0 Å². The van der Waals surface area contributed by atoms with Gasteiger partial charge in [0.15, 0.2) is 0 Å². The van der Waals surface area contributed by atoms with E-state index in [1.54, 1.807) is 0 Å². The zero-order chi connectivity index (χ0) is 16.5. The molecule has 0 saturated carbocycles. The van der Waals surface area contributed by atoms with Gasteiger partial charge in [-0.25, -0.2) is 0 Å². The Morgan fingerprint density at radius 3 is 1.48 bits per heavy atom. The van der Waals surface area contributed by atoms with Crippen molar-refractivity contribution in [3.8, 4) is 0 Å². The standard InChI is InChI=1S/C16H34OS4/c1-12(18)14(3)20-10-6-8-16(5,17)9-7-11-21-15(4)13(2)19/h12-15,17-19H,6-11H2,1-5H3. The predicted molar refractivity (Wildman–Crippen MR) is 110 cm³/mol. The summed E-state index contributed by atoms with van der Waals surface area (Å²) in [6.07, 6.45) is 3.97. The van der Waals surface area contributed by atoms with Gasteiger partial charge in [0, 0.05) is 21.0 Å². The summed E-state index contributed by atoms with van der Waals surface area (Å²) in [6, 6.07) is 0. The number of aliphatic hydroxyl groups is 1. The SMILES string of the molecule is CC(S)C(C)SCCCC(C)(O)CCCSC(C)C(C)S. The van der Waals surface area contributed by atoms with Crippen LogP contribution in [0.1, 0.15) is 60.3 Å². The Morgan fingerprint density at radius 2 is 1.19 bits per heavy atom. The minimum Gasteiger partial charge on any atom is -0.390 e. The summed E-state index contributed by atoms with van der Waals surface area (Å²) in [5.41, 5.74) is -0.507. The summed E-state index contributed by atoms with van der Waals surface area (Å²) in [5, 5.41) is 12.4. The monoisotopic (exact) mass is 370 g/mol. The van der Waals surface area contributed by atoms with Crippen molar-refractivity contribution < 1.29 is 5.11 Å². The number of thiol groups is 2. The Bertz CT molecular complexity index is 233. The van der Waals surface area contributed by atoms with Crippen LogP contribution in [-0.4, -0.2) is 43.2 Å². The molecule has 0 rings (SSSR count). The van der Waals surface area contributed by atoms with Gasteiger partial charge >= 0.3 is 0 Å². The van der Waals surface area contributed by atoms with Gasteiger partial charge in [0.05, 0.1) is 5.60 Å². The highest BCUT2D eigenvalue weighted by Gasteiger charge is 2.20. The topological polar surface area (TPSA) is 20.2 Å². The second-order valence-corrected chi connectivity index (χ2v) is 10.9. The summed E-state index contributed by atoms with van der Waals surface area (Å²) in [5.74, 6) is 2.23. The zero-order valence-corrected chi connectivity index (χ0v) is 17.6. The first-order valence-electron chi connectivity index (χ1n) is 7.97. The molecule has 128 valence electrons. The quantitative estimate of drug-likeness (QED) is 0.325. The van der Waals surface area contributed by atoms with Crippen LogP contribution in [0.4, 0.5) is 0 Å². The van der Waals surface area contributed by atoms with E-state index in [9.17, 15) is 5.11 Å². The normalized spacial score (nSPS) is 20.6. The molecular formula is C16H34OS4. The molecule has 0 spiro atoms. The highest BCUT2D eigenvalue weighted by Crippen LogP contribution is 2.25. The van der Waals surface area contributed by atoms with Crippen molar-refractivity contribution in [1.29, 1.82) is 0 Å². The summed E-state index contributed by atoms with van der Waals surface area (Å²) >= 11 is 12.8. The molecule has 4 atom stereocenters. The van der Waals surface area contributed by atoms with Gasteiger partial charge in [0.25, 0.3) is 0 Å². The van der Waals surface area contributed by atoms with Crippen molar-refractivity contribution in [3.05, 3.63) is 0 Å². The molecule has 21 heavy (non-hydrogen) atoms. The Kier molecular flexibility index (Phi) is 12.6. The van der Waals surface area contributed by atoms with Gasteiger partial charge in [0.2, 0.25) is 0 Å². The molecule has 1 N–H and O–H groups in total. The van der Waals surface area contributed by atoms with Gasteiger partial charge < -0.3 is 5.11 Å². The molecule has 1 nitrogen and oxygen atoms in total. The average molecular weight is 371 g/mol. The zero-order valence-electron chi connectivity index (χ0n) is 14.2. The summed E-state index contributed by atoms with van der Waals surface area (Å²) in [6.45, 7) is 10.7. The molecule has 0 aromatic rings. The van der Waals surface area contributed by atoms with Crippen LogP contribution >= 0.6 is 48.8 Å². The van der Waals surface area contributed by atoms with E-state index in [4.69, 9.17) is 0 Å². The van der Waals surface area contributed by atoms with Gasteiger partial charge in [-0.3, -0.25) is 0 Å². The lowest BCUT2D eigenvalue weighted by Crippen LogP contribution is -2.24. The first-order valence-corrected chi connectivity index (χ1v) is 11.1. The fraction of sp³-hybridized carbons (Fsp3) is 1.00. The van der Waals surface area contributed by atoms with E-state index in [1.807, 2.05) is 30.4 Å². The van der Waals surface area contributed by atoms with Gasteiger partial charge in [-0.05, 0) is 44.1 Å². The van der Waals surface area contributed by atoms with E-state index < -0.39 is 5.60 Å². The van der Waals surface area contributed by atoms with Crippen molar-refractivity contribution >= 4 is 48.8 Å². The molecule has 0 bridgehead atoms. The third-order valence-corrected chi connectivity index (χ3v) is 8.05. The number of hydrogen-bond acceptors (Lipinski definition) is 5. The molecule has 0 saturated heterocycles. The van der Waals surface area contributed by atoms with Crippen molar-refractivity contribution in [1.82, 2.24) is 0 Å². The molecule has 0 heterocycles. The van der Waals surface area contributed by atoms with Crippen LogP contribution in [0, 0.1) is 0 Å². The molecule has 0 radical (unpaired) electrons. The average Bonchev–Trinajstić information content (AvgIpc) is 2.38. The Balaban J connectivity index is 3.69. The van der Waals surface area contributed by atoms with Crippen LogP contribution < -0.4 is 0 Å². The van der Waals surface area contributed by atoms with Crippen LogP contribution in [0.2, 0.25) is 0 Å². The van der Waals surface area contributed by atoms with Crippen molar-refractivity contribution in [2.75, 3.05) is 11.5 Å². The fourth-order valence-electron chi connectivity index (χ4n) is 1.85. The molecule has 0 aromatic carbocycles. The highest BCUT2D eigenvalue weighted by atomic mass is 32.2. The lowest BCUT2D eigenvalue weighted by atomic mass is 9.95. The summed E-state index contributed by atoms with van der Waals surface area (Å²) in [7, 11) is 0. The maximum atomic E-state index is 10.4. The van der Waals surface area contributed by atoms with E-state index in [2.05, 4.69) is 53.0 Å². The Hall–Kier alpha value is 1.36. The van der Waals surface area contributed by atoms with Crippen molar-refractivity contribution in [3.63, 3.8) is 0 Å². The number of rotatable bonds is 12. The fourth-order valence-corrected chi connectivity index (χ4v) is 4.29. The lowest BCUT2D eigenvalue weighted by Gasteiger charge is -2.24. The first kappa shape index (κ1) is 22.4. The molecule has 0 aliphatic rings. The van der Waals surface area contributed by atoms with Crippen molar-refractivity contribution in [2.24, 2.45) is 0 Å². The van der Waals surface area contributed by atoms with Gasteiger partial charge in [-0.2, -0.15) is 48.8 Å². The van der Waals surface area contributed by atoms with E-state index in [1.165, 1.54) is 0 Å². The second kappa shape index (κ2) is 11.8. The minimum atomic E-state index is -0.507. The summed E-state index contributed by atoms with van der Waals surface area (Å²) < 4.78 is 0. The van der Waals surface area contributed by atoms with Crippen LogP contribution in [0.5, 0.6) is 0 Å². The molecule has 0 aliphatic carbocycles. The van der Waals surface area contributed by atoms with Gasteiger partial charge in [0.1, 0.15) is 0 Å². The smallest absolute Gasteiger partial charge is 0.0620 e. The first-order chi connectivity index (χ1) is 9.65. The largest absolute Gasteiger partial charge is 0.390 e. The highest BCUT2D eigenvalue weighted by molar-refractivity contribution is 8.00. The maximum Gasteiger partial charge on any atom is 0.0620 e. The van der Waals surface area contributed by atoms with E-state index in [0.717, 1.165) is 37.2 Å².